The van der Waals surface area contributed by atoms with Crippen molar-refractivity contribution in [3.05, 3.63) is 0 Å². The van der Waals surface area contributed by atoms with Crippen molar-refractivity contribution in [3.8, 4) is 0 Å². The average Bonchev–Trinajstić information content (AvgIpc) is 1.01. The van der Waals surface area contributed by atoms with E-state index in [1.54, 1.807) is 0 Å². The maximum Gasteiger partial charge on any atom is 0.472 e. The second-order valence-electron chi connectivity index (χ2n) is 29.6. The molecule has 0 radical (unpaired) electrons. The van der Waals surface area contributed by atoms with Gasteiger partial charge in [0.25, 0.3) is 0 Å². The highest BCUT2D eigenvalue weighted by Gasteiger charge is 2.30. The molecule has 0 spiro atoms. The van der Waals surface area contributed by atoms with E-state index in [-0.39, 0.29) is 25.7 Å². The summed E-state index contributed by atoms with van der Waals surface area (Å²) in [5, 5.41) is 10.6. The van der Waals surface area contributed by atoms with Crippen LogP contribution in [0.2, 0.25) is 0 Å². The molecule has 98 heavy (non-hydrogen) atoms. The molecule has 19 heteroatoms. The molecular formula is C79H154O17P2. The molecule has 0 bridgehead atoms. The summed E-state index contributed by atoms with van der Waals surface area (Å²) in [5.41, 5.74) is 0. The van der Waals surface area contributed by atoms with Crippen LogP contribution in [0.5, 0.6) is 0 Å². The summed E-state index contributed by atoms with van der Waals surface area (Å²) >= 11 is 0. The fraction of sp³-hybridized carbons (Fsp3) is 0.949. The van der Waals surface area contributed by atoms with Crippen LogP contribution in [0.15, 0.2) is 0 Å². The second kappa shape index (κ2) is 69.4. The van der Waals surface area contributed by atoms with Crippen molar-refractivity contribution in [2.24, 2.45) is 17.8 Å². The van der Waals surface area contributed by atoms with Crippen LogP contribution in [0.1, 0.15) is 408 Å². The van der Waals surface area contributed by atoms with Gasteiger partial charge in [0, 0.05) is 25.7 Å². The summed E-state index contributed by atoms with van der Waals surface area (Å²) in [6.45, 7) is 11.9. The van der Waals surface area contributed by atoms with Gasteiger partial charge in [-0.15, -0.1) is 0 Å². The average molecular weight is 1440 g/mol. The summed E-state index contributed by atoms with van der Waals surface area (Å²) in [7, 11) is -9.92. The Hall–Kier alpha value is -1.94. The van der Waals surface area contributed by atoms with Crippen molar-refractivity contribution < 1.29 is 80.2 Å². The molecule has 0 aliphatic rings. The first-order valence-electron chi connectivity index (χ1n) is 40.9. The number of phosphoric ester groups is 2. The quantitative estimate of drug-likeness (QED) is 0.0222. The van der Waals surface area contributed by atoms with E-state index in [1.807, 2.05) is 0 Å². The van der Waals surface area contributed by atoms with Crippen LogP contribution in [-0.4, -0.2) is 96.7 Å². The molecule has 0 rings (SSSR count). The van der Waals surface area contributed by atoms with Gasteiger partial charge in [-0.1, -0.05) is 357 Å². The number of hydrogen-bond donors (Lipinski definition) is 3. The predicted molar refractivity (Wildman–Crippen MR) is 400 cm³/mol. The van der Waals surface area contributed by atoms with Crippen LogP contribution in [0.3, 0.4) is 0 Å². The number of unbranched alkanes of at least 4 members (excludes halogenated alkanes) is 44. The van der Waals surface area contributed by atoms with Crippen molar-refractivity contribution in [1.82, 2.24) is 0 Å². The van der Waals surface area contributed by atoms with Gasteiger partial charge in [0.15, 0.2) is 12.2 Å². The van der Waals surface area contributed by atoms with Gasteiger partial charge in [0.2, 0.25) is 0 Å². The monoisotopic (exact) mass is 1440 g/mol. The molecule has 0 saturated carbocycles. The summed E-state index contributed by atoms with van der Waals surface area (Å²) < 4.78 is 68.7. The van der Waals surface area contributed by atoms with Gasteiger partial charge >= 0.3 is 39.5 Å². The van der Waals surface area contributed by atoms with E-state index in [1.165, 1.54) is 218 Å². The smallest absolute Gasteiger partial charge is 0.462 e. The van der Waals surface area contributed by atoms with Gasteiger partial charge < -0.3 is 33.8 Å². The third-order valence-corrected chi connectivity index (χ3v) is 20.6. The van der Waals surface area contributed by atoms with E-state index >= 15 is 0 Å². The van der Waals surface area contributed by atoms with E-state index in [0.717, 1.165) is 108 Å². The minimum absolute atomic E-state index is 0.106. The number of aliphatic hydroxyl groups excluding tert-OH is 1. The number of carbonyl (C=O) groups is 4. The van der Waals surface area contributed by atoms with Crippen LogP contribution in [0.25, 0.3) is 0 Å². The molecule has 3 N–H and O–H groups in total. The van der Waals surface area contributed by atoms with Gasteiger partial charge in [-0.05, 0) is 43.4 Å². The summed E-state index contributed by atoms with van der Waals surface area (Å²) in [6, 6.07) is 0. The van der Waals surface area contributed by atoms with Crippen molar-refractivity contribution in [2.75, 3.05) is 39.6 Å². The standard InChI is InChI=1S/C79H154O17P2/c1-8-10-11-12-13-14-15-16-17-18-19-20-21-26-32-41-48-55-62-78(83)95-74(66-89-76(81)60-53-46-39-31-25-23-22-24-29-36-43-50-57-70(3)4)68-93-97(85,86)91-64-73(80)65-92-98(87,88)94-69-75(67-90-77(82)61-54-47-40-35-34-37-44-51-58-71(5)6)96-79(84)63-56-49-42-33-28-27-30-38-45-52-59-72(7)9-2/h70-75,80H,8-69H2,1-7H3,(H,85,86)(H,87,88)/t72?,73-,74-,75-/m1/s1. The van der Waals surface area contributed by atoms with Crippen molar-refractivity contribution in [2.45, 2.75) is 426 Å². The molecule has 582 valence electrons. The number of carbonyl (C=O) groups excluding carboxylic acids is 4. The van der Waals surface area contributed by atoms with Crippen molar-refractivity contribution >= 4 is 39.5 Å². The molecule has 0 aliphatic carbocycles. The number of esters is 4. The first-order valence-corrected chi connectivity index (χ1v) is 43.9. The molecule has 0 aromatic carbocycles. The zero-order chi connectivity index (χ0) is 72.3. The van der Waals surface area contributed by atoms with Crippen LogP contribution >= 0.6 is 15.6 Å². The van der Waals surface area contributed by atoms with Gasteiger partial charge in [-0.2, -0.15) is 0 Å². The molecule has 0 amide bonds. The molecule has 17 nitrogen and oxygen atoms in total. The molecule has 0 fully saturated rings. The first kappa shape index (κ1) is 96.1. The summed E-state index contributed by atoms with van der Waals surface area (Å²) in [4.78, 5) is 73.0. The van der Waals surface area contributed by atoms with Crippen LogP contribution in [0, 0.1) is 17.8 Å². The molecule has 0 aromatic rings. The van der Waals surface area contributed by atoms with E-state index in [9.17, 15) is 43.2 Å². The lowest BCUT2D eigenvalue weighted by Gasteiger charge is -2.21. The SMILES string of the molecule is CCCCCCCCCCCCCCCCCCCCC(=O)O[C@H](COC(=O)CCCCCCCCCCCCCCC(C)C)COP(=O)(O)OC[C@@H](O)COP(=O)(O)OC[C@@H](COC(=O)CCCCCCCCCCC(C)C)OC(=O)CCCCCCCCCCCCC(C)CC. The van der Waals surface area contributed by atoms with Gasteiger partial charge in [-0.25, -0.2) is 9.13 Å². The van der Waals surface area contributed by atoms with Gasteiger partial charge in [0.05, 0.1) is 26.4 Å². The van der Waals surface area contributed by atoms with Crippen molar-refractivity contribution in [3.63, 3.8) is 0 Å². The van der Waals surface area contributed by atoms with E-state index in [2.05, 4.69) is 48.5 Å². The Kier molecular flexibility index (Phi) is 68.1. The number of ether oxygens (including phenoxy) is 4. The lowest BCUT2D eigenvalue weighted by Crippen LogP contribution is -2.30. The normalized spacial score (nSPS) is 14.3. The van der Waals surface area contributed by atoms with Crippen molar-refractivity contribution in [1.29, 1.82) is 0 Å². The molecule has 0 aliphatic heterocycles. The Morgan fingerprint density at radius 3 is 0.776 bits per heavy atom. The van der Waals surface area contributed by atoms with Gasteiger partial charge in [-0.3, -0.25) is 37.3 Å². The lowest BCUT2D eigenvalue weighted by atomic mass is 9.99. The van der Waals surface area contributed by atoms with E-state index in [4.69, 9.17) is 37.0 Å². The highest BCUT2D eigenvalue weighted by Crippen LogP contribution is 2.45. The highest BCUT2D eigenvalue weighted by atomic mass is 31.2. The maximum atomic E-state index is 13.1. The zero-order valence-electron chi connectivity index (χ0n) is 64.3. The fourth-order valence-electron chi connectivity index (χ4n) is 12.1. The predicted octanol–water partition coefficient (Wildman–Crippen LogP) is 23.4. The van der Waals surface area contributed by atoms with E-state index < -0.39 is 97.5 Å². The summed E-state index contributed by atoms with van der Waals surface area (Å²) in [6.07, 6.45) is 56.8. The third kappa shape index (κ3) is 71.1. The minimum Gasteiger partial charge on any atom is -0.462 e. The van der Waals surface area contributed by atoms with Crippen LogP contribution in [0.4, 0.5) is 0 Å². The Balaban J connectivity index is 5.26. The molecule has 0 heterocycles. The number of rotatable bonds is 77. The lowest BCUT2D eigenvalue weighted by molar-refractivity contribution is -0.161. The number of phosphoric acid groups is 2. The fourth-order valence-corrected chi connectivity index (χ4v) is 13.7. The molecule has 3 unspecified atom stereocenters. The maximum absolute atomic E-state index is 13.1. The third-order valence-electron chi connectivity index (χ3n) is 18.7. The zero-order valence-corrected chi connectivity index (χ0v) is 66.0. The van der Waals surface area contributed by atoms with E-state index in [0.29, 0.717) is 25.7 Å². The Morgan fingerprint density at radius 2 is 0.520 bits per heavy atom. The molecule has 0 saturated heterocycles. The summed E-state index contributed by atoms with van der Waals surface area (Å²) in [5.74, 6) is 0.197. The Labute approximate surface area is 600 Å². The first-order chi connectivity index (χ1) is 47.3. The number of hydrogen-bond acceptors (Lipinski definition) is 15. The molecular weight excluding hydrogens is 1280 g/mol. The minimum atomic E-state index is -4.96. The van der Waals surface area contributed by atoms with Crippen LogP contribution < -0.4 is 0 Å². The molecule has 0 aromatic heterocycles. The number of aliphatic hydroxyl groups is 1. The van der Waals surface area contributed by atoms with Crippen LogP contribution in [-0.2, 0) is 65.4 Å². The second-order valence-corrected chi connectivity index (χ2v) is 32.6. The molecule has 6 atom stereocenters. The Morgan fingerprint density at radius 1 is 0.296 bits per heavy atom. The highest BCUT2D eigenvalue weighted by molar-refractivity contribution is 7.47. The Bertz CT molecular complexity index is 1910. The van der Waals surface area contributed by atoms with Gasteiger partial charge in [0.1, 0.15) is 19.3 Å². The largest absolute Gasteiger partial charge is 0.472 e. The topological polar surface area (TPSA) is 237 Å².